The SMILES string of the molecule is CC.Oc1cccc(Nc2ncc(-c3ccc(OC(F)F)cc3)cn2)c1. The molecule has 7 heteroatoms. The number of phenolic OH excluding ortho intramolecular Hbond substituents is 1. The second-order valence-corrected chi connectivity index (χ2v) is 4.87. The van der Waals surface area contributed by atoms with E-state index in [1.54, 1.807) is 48.8 Å². The smallest absolute Gasteiger partial charge is 0.387 e. The topological polar surface area (TPSA) is 67.3 Å². The van der Waals surface area contributed by atoms with Crippen molar-refractivity contribution in [1.82, 2.24) is 9.97 Å². The van der Waals surface area contributed by atoms with Crippen LogP contribution in [0.5, 0.6) is 11.5 Å². The average molecular weight is 359 g/mol. The van der Waals surface area contributed by atoms with Crippen LogP contribution in [0.4, 0.5) is 20.4 Å². The van der Waals surface area contributed by atoms with Gasteiger partial charge in [0.05, 0.1) is 0 Å². The van der Waals surface area contributed by atoms with Crippen molar-refractivity contribution < 1.29 is 18.6 Å². The van der Waals surface area contributed by atoms with Gasteiger partial charge in [-0.3, -0.25) is 0 Å². The summed E-state index contributed by atoms with van der Waals surface area (Å²) in [5, 5.41) is 12.4. The van der Waals surface area contributed by atoms with Crippen LogP contribution in [0.15, 0.2) is 60.9 Å². The van der Waals surface area contributed by atoms with E-state index in [4.69, 9.17) is 0 Å². The highest BCUT2D eigenvalue weighted by Crippen LogP contribution is 2.23. The Hall–Kier alpha value is -3.22. The molecular weight excluding hydrogens is 340 g/mol. The Balaban J connectivity index is 0.00000117. The highest BCUT2D eigenvalue weighted by molar-refractivity contribution is 5.63. The molecule has 2 N–H and O–H groups in total. The average Bonchev–Trinajstić information content (AvgIpc) is 2.64. The van der Waals surface area contributed by atoms with Gasteiger partial charge in [0.2, 0.25) is 5.95 Å². The number of hydrogen-bond acceptors (Lipinski definition) is 5. The van der Waals surface area contributed by atoms with Crippen molar-refractivity contribution in [2.24, 2.45) is 0 Å². The van der Waals surface area contributed by atoms with Crippen LogP contribution in [0.25, 0.3) is 11.1 Å². The van der Waals surface area contributed by atoms with E-state index in [9.17, 15) is 13.9 Å². The fourth-order valence-electron chi connectivity index (χ4n) is 2.08. The van der Waals surface area contributed by atoms with Crippen LogP contribution in [-0.2, 0) is 0 Å². The molecule has 0 aliphatic rings. The lowest BCUT2D eigenvalue weighted by Gasteiger charge is -2.07. The van der Waals surface area contributed by atoms with Gasteiger partial charge >= 0.3 is 6.61 Å². The van der Waals surface area contributed by atoms with Gasteiger partial charge in [0.25, 0.3) is 0 Å². The second kappa shape index (κ2) is 9.31. The van der Waals surface area contributed by atoms with Gasteiger partial charge in [0.15, 0.2) is 0 Å². The molecule has 1 aromatic heterocycles. The number of aromatic nitrogens is 2. The Morgan fingerprint density at radius 3 is 2.19 bits per heavy atom. The molecule has 0 aliphatic carbocycles. The van der Waals surface area contributed by atoms with Crippen LogP contribution >= 0.6 is 0 Å². The number of aromatic hydroxyl groups is 1. The van der Waals surface area contributed by atoms with Crippen molar-refractivity contribution in [3.8, 4) is 22.6 Å². The molecule has 0 bridgehead atoms. The standard InChI is InChI=1S/C17H13F2N3O2.C2H6/c18-16(19)24-15-6-4-11(5-7-15)12-9-20-17(21-10-12)22-13-2-1-3-14(23)8-13;1-2/h1-10,16,23H,(H,20,21,22);1-2H3. The third-order valence-corrected chi connectivity index (χ3v) is 3.17. The molecule has 0 spiro atoms. The van der Waals surface area contributed by atoms with Gasteiger partial charge in [-0.2, -0.15) is 8.78 Å². The largest absolute Gasteiger partial charge is 0.508 e. The third kappa shape index (κ3) is 5.41. The summed E-state index contributed by atoms with van der Waals surface area (Å²) in [4.78, 5) is 8.39. The second-order valence-electron chi connectivity index (χ2n) is 4.87. The molecule has 3 rings (SSSR count). The zero-order valence-electron chi connectivity index (χ0n) is 14.4. The Labute approximate surface area is 150 Å². The number of benzene rings is 2. The van der Waals surface area contributed by atoms with Gasteiger partial charge < -0.3 is 15.2 Å². The van der Waals surface area contributed by atoms with E-state index in [1.165, 1.54) is 12.1 Å². The molecule has 136 valence electrons. The lowest BCUT2D eigenvalue weighted by molar-refractivity contribution is -0.0498. The van der Waals surface area contributed by atoms with Crippen molar-refractivity contribution >= 4 is 11.6 Å². The molecular formula is C19H19F2N3O2. The summed E-state index contributed by atoms with van der Waals surface area (Å²) in [6.45, 7) is 1.15. The number of phenols is 1. The first-order valence-corrected chi connectivity index (χ1v) is 8.03. The van der Waals surface area contributed by atoms with Gasteiger partial charge in [-0.1, -0.05) is 32.0 Å². The van der Waals surface area contributed by atoms with Gasteiger partial charge in [0, 0.05) is 29.7 Å². The molecule has 2 aromatic carbocycles. The van der Waals surface area contributed by atoms with Crippen LogP contribution in [-0.4, -0.2) is 21.7 Å². The summed E-state index contributed by atoms with van der Waals surface area (Å²) in [7, 11) is 0. The predicted octanol–water partition coefficient (Wildman–Crippen LogP) is 5.22. The highest BCUT2D eigenvalue weighted by Gasteiger charge is 2.05. The maximum absolute atomic E-state index is 12.1. The van der Waals surface area contributed by atoms with E-state index < -0.39 is 6.61 Å². The zero-order valence-corrected chi connectivity index (χ0v) is 14.4. The Bertz CT molecular complexity index is 810. The number of alkyl halides is 2. The van der Waals surface area contributed by atoms with Crippen LogP contribution in [0, 0.1) is 0 Å². The summed E-state index contributed by atoms with van der Waals surface area (Å²) in [5.41, 5.74) is 2.18. The first-order chi connectivity index (χ1) is 12.6. The molecule has 0 atom stereocenters. The fraction of sp³-hybridized carbons (Fsp3) is 0.158. The van der Waals surface area contributed by atoms with Crippen LogP contribution in [0.2, 0.25) is 0 Å². The number of hydrogen-bond donors (Lipinski definition) is 2. The first kappa shape index (κ1) is 19.1. The minimum absolute atomic E-state index is 0.0943. The summed E-state index contributed by atoms with van der Waals surface area (Å²) in [6.07, 6.45) is 3.22. The molecule has 0 radical (unpaired) electrons. The summed E-state index contributed by atoms with van der Waals surface area (Å²) in [5.74, 6) is 0.613. The molecule has 3 aromatic rings. The van der Waals surface area contributed by atoms with Crippen LogP contribution in [0.1, 0.15) is 13.8 Å². The minimum Gasteiger partial charge on any atom is -0.508 e. The number of anilines is 2. The molecule has 5 nitrogen and oxygen atoms in total. The number of nitrogens with zero attached hydrogens (tertiary/aromatic N) is 2. The first-order valence-electron chi connectivity index (χ1n) is 8.03. The number of halogens is 2. The fourth-order valence-corrected chi connectivity index (χ4v) is 2.08. The van der Waals surface area contributed by atoms with Crippen LogP contribution in [0.3, 0.4) is 0 Å². The van der Waals surface area contributed by atoms with E-state index in [-0.39, 0.29) is 11.5 Å². The summed E-state index contributed by atoms with van der Waals surface area (Å²) in [6, 6.07) is 12.8. The Morgan fingerprint density at radius 2 is 1.62 bits per heavy atom. The number of nitrogens with one attached hydrogen (secondary N) is 1. The van der Waals surface area contributed by atoms with Crippen molar-refractivity contribution in [2.45, 2.75) is 20.5 Å². The Morgan fingerprint density at radius 1 is 0.962 bits per heavy atom. The third-order valence-electron chi connectivity index (χ3n) is 3.17. The molecule has 26 heavy (non-hydrogen) atoms. The van der Waals surface area contributed by atoms with Crippen molar-refractivity contribution in [3.63, 3.8) is 0 Å². The van der Waals surface area contributed by atoms with E-state index in [0.29, 0.717) is 11.6 Å². The van der Waals surface area contributed by atoms with E-state index in [2.05, 4.69) is 20.0 Å². The number of rotatable bonds is 5. The molecule has 0 unspecified atom stereocenters. The van der Waals surface area contributed by atoms with Gasteiger partial charge in [0.1, 0.15) is 11.5 Å². The van der Waals surface area contributed by atoms with E-state index >= 15 is 0 Å². The zero-order chi connectivity index (χ0) is 18.9. The normalized spacial score (nSPS) is 10.0. The minimum atomic E-state index is -2.85. The van der Waals surface area contributed by atoms with E-state index in [1.807, 2.05) is 13.8 Å². The summed E-state index contributed by atoms with van der Waals surface area (Å²) >= 11 is 0. The highest BCUT2D eigenvalue weighted by atomic mass is 19.3. The van der Waals surface area contributed by atoms with Crippen LogP contribution < -0.4 is 10.1 Å². The molecule has 1 heterocycles. The lowest BCUT2D eigenvalue weighted by atomic mass is 10.1. The van der Waals surface area contributed by atoms with Gasteiger partial charge in [-0.05, 0) is 29.8 Å². The van der Waals surface area contributed by atoms with Crippen molar-refractivity contribution in [1.29, 1.82) is 0 Å². The molecule has 0 amide bonds. The molecule has 0 saturated carbocycles. The lowest BCUT2D eigenvalue weighted by Crippen LogP contribution is -2.01. The van der Waals surface area contributed by atoms with Gasteiger partial charge in [-0.15, -0.1) is 0 Å². The van der Waals surface area contributed by atoms with Crippen molar-refractivity contribution in [3.05, 3.63) is 60.9 Å². The van der Waals surface area contributed by atoms with Gasteiger partial charge in [-0.25, -0.2) is 9.97 Å². The monoisotopic (exact) mass is 359 g/mol. The quantitative estimate of drug-likeness (QED) is 0.654. The summed E-state index contributed by atoms with van der Waals surface area (Å²) < 4.78 is 28.6. The van der Waals surface area contributed by atoms with E-state index in [0.717, 1.165) is 11.1 Å². The maximum Gasteiger partial charge on any atom is 0.387 e. The molecule has 0 aliphatic heterocycles. The number of ether oxygens (including phenoxy) is 1. The molecule has 0 fully saturated rings. The maximum atomic E-state index is 12.1. The van der Waals surface area contributed by atoms with Crippen molar-refractivity contribution in [2.75, 3.05) is 5.32 Å². The predicted molar refractivity (Wildman–Crippen MR) is 96.8 cm³/mol. The Kier molecular flexibility index (Phi) is 6.84. The molecule has 0 saturated heterocycles.